The molecule has 2 heterocycles. The van der Waals surface area contributed by atoms with Gasteiger partial charge in [-0.3, -0.25) is 9.69 Å². The van der Waals surface area contributed by atoms with E-state index in [1.54, 1.807) is 10.7 Å². The molecule has 0 unspecified atom stereocenters. The van der Waals surface area contributed by atoms with Crippen LogP contribution in [0.5, 0.6) is 0 Å². The third-order valence-electron chi connectivity index (χ3n) is 4.50. The number of amides is 1. The molecule has 1 saturated carbocycles. The summed E-state index contributed by atoms with van der Waals surface area (Å²) in [5.41, 5.74) is 0.777. The minimum Gasteiger partial charge on any atom is -0.310 e. The van der Waals surface area contributed by atoms with E-state index < -0.39 is 9.84 Å². The topological polar surface area (TPSA) is 84.3 Å². The number of hydrogen-bond acceptors (Lipinski definition) is 5. The number of aryl methyl sites for hydroxylation is 1. The molecule has 1 aliphatic heterocycles. The Bertz CT molecular complexity index is 694. The lowest BCUT2D eigenvalue weighted by atomic mass is 10.3. The van der Waals surface area contributed by atoms with Crippen molar-refractivity contribution in [2.45, 2.75) is 45.2 Å². The summed E-state index contributed by atoms with van der Waals surface area (Å²) in [6, 6.07) is 2.16. The number of hydrogen-bond donors (Lipinski definition) is 1. The Morgan fingerprint density at radius 3 is 2.74 bits per heavy atom. The maximum atomic E-state index is 12.3. The molecule has 1 aromatic rings. The van der Waals surface area contributed by atoms with E-state index in [2.05, 4.69) is 22.2 Å². The minimum absolute atomic E-state index is 0.0687. The lowest BCUT2D eigenvalue weighted by Gasteiger charge is -2.19. The highest BCUT2D eigenvalue weighted by Gasteiger charge is 2.32. The number of likely N-dealkylation sites (N-methyl/N-ethyl adjacent to an activating group) is 1. The number of aromatic nitrogens is 2. The fourth-order valence-corrected chi connectivity index (χ4v) is 4.85. The van der Waals surface area contributed by atoms with Crippen LogP contribution in [0.2, 0.25) is 0 Å². The lowest BCUT2D eigenvalue weighted by molar-refractivity contribution is -0.117. The van der Waals surface area contributed by atoms with Crippen molar-refractivity contribution in [1.82, 2.24) is 14.7 Å². The monoisotopic (exact) mass is 340 g/mol. The number of sulfone groups is 1. The Labute approximate surface area is 137 Å². The molecule has 1 atom stereocenters. The van der Waals surface area contributed by atoms with Crippen molar-refractivity contribution in [3.8, 4) is 0 Å². The number of carbonyl (C=O) groups excluding carboxylic acids is 1. The highest BCUT2D eigenvalue weighted by Crippen LogP contribution is 2.28. The summed E-state index contributed by atoms with van der Waals surface area (Å²) >= 11 is 0. The van der Waals surface area contributed by atoms with Crippen LogP contribution in [0.1, 0.15) is 37.9 Å². The van der Waals surface area contributed by atoms with E-state index in [0.29, 0.717) is 24.8 Å². The quantitative estimate of drug-likeness (QED) is 0.834. The molecule has 1 N–H and O–H groups in total. The van der Waals surface area contributed by atoms with Gasteiger partial charge in [-0.25, -0.2) is 13.1 Å². The summed E-state index contributed by atoms with van der Waals surface area (Å²) < 4.78 is 25.0. The van der Waals surface area contributed by atoms with Gasteiger partial charge in [0.2, 0.25) is 5.91 Å². The number of rotatable bonds is 6. The SMILES string of the molecule is CCN(CC(=O)Nc1cc(C)nn1[C@@H]1CCS(=O)(=O)C1)C1CC1. The molecule has 1 amide bonds. The summed E-state index contributed by atoms with van der Waals surface area (Å²) in [6.07, 6.45) is 2.88. The molecular formula is C15H24N4O3S. The third kappa shape index (κ3) is 3.92. The largest absolute Gasteiger partial charge is 0.310 e. The van der Waals surface area contributed by atoms with Gasteiger partial charge in [-0.05, 0) is 32.7 Å². The second-order valence-corrected chi connectivity index (χ2v) is 8.74. The van der Waals surface area contributed by atoms with Crippen LogP contribution in [0, 0.1) is 6.92 Å². The van der Waals surface area contributed by atoms with Crippen LogP contribution < -0.4 is 5.32 Å². The second kappa shape index (κ2) is 6.24. The highest BCUT2D eigenvalue weighted by atomic mass is 32.2. The fourth-order valence-electron chi connectivity index (χ4n) is 3.16. The van der Waals surface area contributed by atoms with E-state index in [9.17, 15) is 13.2 Å². The van der Waals surface area contributed by atoms with Crippen molar-refractivity contribution >= 4 is 21.6 Å². The molecule has 128 valence electrons. The molecule has 0 spiro atoms. The molecule has 0 bridgehead atoms. The first kappa shape index (κ1) is 16.4. The molecule has 23 heavy (non-hydrogen) atoms. The number of nitrogens with one attached hydrogen (secondary N) is 1. The number of nitrogens with zero attached hydrogens (tertiary/aromatic N) is 3. The van der Waals surface area contributed by atoms with Gasteiger partial charge >= 0.3 is 0 Å². The van der Waals surface area contributed by atoms with Crippen LogP contribution in [0.3, 0.4) is 0 Å². The predicted octanol–water partition coefficient (Wildman–Crippen LogP) is 0.974. The van der Waals surface area contributed by atoms with E-state index in [1.807, 2.05) is 6.92 Å². The van der Waals surface area contributed by atoms with Gasteiger partial charge in [0.15, 0.2) is 9.84 Å². The van der Waals surface area contributed by atoms with Crippen LogP contribution in [-0.4, -0.2) is 59.6 Å². The van der Waals surface area contributed by atoms with Gasteiger partial charge in [0.1, 0.15) is 5.82 Å². The average molecular weight is 340 g/mol. The number of anilines is 1. The van der Waals surface area contributed by atoms with E-state index >= 15 is 0 Å². The van der Waals surface area contributed by atoms with Crippen molar-refractivity contribution in [3.05, 3.63) is 11.8 Å². The Morgan fingerprint density at radius 1 is 1.43 bits per heavy atom. The summed E-state index contributed by atoms with van der Waals surface area (Å²) in [4.78, 5) is 14.5. The number of carbonyl (C=O) groups is 1. The van der Waals surface area contributed by atoms with E-state index in [-0.39, 0.29) is 23.5 Å². The molecule has 1 aromatic heterocycles. The van der Waals surface area contributed by atoms with Gasteiger partial charge in [0.05, 0.1) is 29.8 Å². The highest BCUT2D eigenvalue weighted by molar-refractivity contribution is 7.91. The van der Waals surface area contributed by atoms with Crippen LogP contribution >= 0.6 is 0 Å². The second-order valence-electron chi connectivity index (χ2n) is 6.51. The van der Waals surface area contributed by atoms with Gasteiger partial charge in [0, 0.05) is 12.1 Å². The molecule has 7 nitrogen and oxygen atoms in total. The molecule has 0 aromatic carbocycles. The summed E-state index contributed by atoms with van der Waals surface area (Å²) in [6.45, 7) is 5.13. The van der Waals surface area contributed by atoms with Crippen molar-refractivity contribution in [3.63, 3.8) is 0 Å². The molecule has 3 rings (SSSR count). The zero-order chi connectivity index (χ0) is 16.6. The smallest absolute Gasteiger partial charge is 0.239 e. The first-order chi connectivity index (χ1) is 10.9. The first-order valence-corrected chi connectivity index (χ1v) is 10.0. The Kier molecular flexibility index (Phi) is 4.46. The normalized spacial score (nSPS) is 23.3. The average Bonchev–Trinajstić information content (AvgIpc) is 3.16. The molecular weight excluding hydrogens is 316 g/mol. The lowest BCUT2D eigenvalue weighted by Crippen LogP contribution is -2.35. The fraction of sp³-hybridized carbons (Fsp3) is 0.733. The van der Waals surface area contributed by atoms with Crippen molar-refractivity contribution in [2.24, 2.45) is 0 Å². The predicted molar refractivity (Wildman–Crippen MR) is 88.2 cm³/mol. The van der Waals surface area contributed by atoms with Crippen LogP contribution in [-0.2, 0) is 14.6 Å². The van der Waals surface area contributed by atoms with Gasteiger partial charge in [-0.15, -0.1) is 0 Å². The van der Waals surface area contributed by atoms with Crippen LogP contribution in [0.15, 0.2) is 6.07 Å². The van der Waals surface area contributed by atoms with E-state index in [1.165, 1.54) is 0 Å². The summed E-state index contributed by atoms with van der Waals surface area (Å²) in [7, 11) is -2.99. The van der Waals surface area contributed by atoms with Crippen molar-refractivity contribution in [2.75, 3.05) is 29.9 Å². The minimum atomic E-state index is -2.99. The van der Waals surface area contributed by atoms with Crippen LogP contribution in [0.4, 0.5) is 5.82 Å². The van der Waals surface area contributed by atoms with Crippen molar-refractivity contribution < 1.29 is 13.2 Å². The molecule has 2 aliphatic rings. The maximum Gasteiger partial charge on any atom is 0.239 e. The van der Waals surface area contributed by atoms with Crippen molar-refractivity contribution in [1.29, 1.82) is 0 Å². The molecule has 0 radical (unpaired) electrons. The third-order valence-corrected chi connectivity index (χ3v) is 6.25. The first-order valence-electron chi connectivity index (χ1n) is 8.18. The molecule has 2 fully saturated rings. The molecule has 8 heteroatoms. The van der Waals surface area contributed by atoms with E-state index in [0.717, 1.165) is 25.1 Å². The standard InChI is InChI=1S/C15H24N4O3S/c1-3-18(12-4-5-12)9-15(20)16-14-8-11(2)17-19(14)13-6-7-23(21,22)10-13/h8,12-13H,3-7,9-10H2,1-2H3,(H,16,20)/t13-/m1/s1. The Balaban J connectivity index is 1.69. The molecule has 1 saturated heterocycles. The van der Waals surface area contributed by atoms with Gasteiger partial charge in [-0.1, -0.05) is 6.92 Å². The zero-order valence-corrected chi connectivity index (χ0v) is 14.5. The Hall–Kier alpha value is -1.41. The maximum absolute atomic E-state index is 12.3. The summed E-state index contributed by atoms with van der Waals surface area (Å²) in [5, 5.41) is 7.29. The van der Waals surface area contributed by atoms with Gasteiger partial charge < -0.3 is 5.32 Å². The Morgan fingerprint density at radius 2 is 2.17 bits per heavy atom. The summed E-state index contributed by atoms with van der Waals surface area (Å²) in [5.74, 6) is 0.817. The van der Waals surface area contributed by atoms with Gasteiger partial charge in [-0.2, -0.15) is 5.10 Å². The van der Waals surface area contributed by atoms with Crippen LogP contribution in [0.25, 0.3) is 0 Å². The zero-order valence-electron chi connectivity index (χ0n) is 13.7. The van der Waals surface area contributed by atoms with Gasteiger partial charge in [0.25, 0.3) is 0 Å². The van der Waals surface area contributed by atoms with E-state index in [4.69, 9.17) is 0 Å². The molecule has 1 aliphatic carbocycles.